The number of aliphatic imine (C=N–C) groups is 1. The van der Waals surface area contributed by atoms with Gasteiger partial charge in [-0.3, -0.25) is 4.99 Å². The molecule has 3 heteroatoms. The summed E-state index contributed by atoms with van der Waals surface area (Å²) in [6.45, 7) is 8.98. The molecule has 2 N–H and O–H groups in total. The summed E-state index contributed by atoms with van der Waals surface area (Å²) in [6.07, 6.45) is 14.5. The zero-order valence-electron chi connectivity index (χ0n) is 14.6. The van der Waals surface area contributed by atoms with Crippen LogP contribution in [0.1, 0.15) is 91.4 Å². The molecule has 0 fully saturated rings. The average molecular weight is 296 g/mol. The van der Waals surface area contributed by atoms with Crippen molar-refractivity contribution in [2.75, 3.05) is 13.1 Å². The molecule has 1 unspecified atom stereocenters. The van der Waals surface area contributed by atoms with E-state index in [4.69, 9.17) is 0 Å². The first-order valence-corrected chi connectivity index (χ1v) is 9.26. The second-order valence-corrected chi connectivity index (χ2v) is 6.82. The fourth-order valence-corrected chi connectivity index (χ4v) is 3.04. The highest BCUT2D eigenvalue weighted by atomic mass is 15.2. The molecule has 1 heterocycles. The van der Waals surface area contributed by atoms with E-state index in [1.54, 1.807) is 0 Å². The minimum atomic E-state index is 0.213. The highest BCUT2D eigenvalue weighted by Crippen LogP contribution is 2.22. The van der Waals surface area contributed by atoms with Crippen molar-refractivity contribution in [1.29, 1.82) is 0 Å². The fourth-order valence-electron chi connectivity index (χ4n) is 3.04. The zero-order chi connectivity index (χ0) is 15.4. The van der Waals surface area contributed by atoms with Gasteiger partial charge in [-0.1, -0.05) is 65.2 Å². The van der Waals surface area contributed by atoms with E-state index in [-0.39, 0.29) is 5.54 Å². The maximum Gasteiger partial charge on any atom is 0.191 e. The Bertz CT molecular complexity index is 288. The standard InChI is InChI=1S/C18H37N3/c1-4-6-8-9-11-14-18(3,13-10-7-5-2)21-17-19-15-12-16-20-17/h4-16H2,1-3H3,(H2,19,20,21). The molecule has 0 spiro atoms. The lowest BCUT2D eigenvalue weighted by molar-refractivity contribution is 0.326. The summed E-state index contributed by atoms with van der Waals surface area (Å²) in [5.41, 5.74) is 0.213. The van der Waals surface area contributed by atoms with Crippen molar-refractivity contribution in [1.82, 2.24) is 10.6 Å². The summed E-state index contributed by atoms with van der Waals surface area (Å²) in [6, 6.07) is 0. The lowest BCUT2D eigenvalue weighted by Gasteiger charge is -2.34. The molecule has 0 saturated heterocycles. The van der Waals surface area contributed by atoms with E-state index in [1.165, 1.54) is 64.2 Å². The first-order chi connectivity index (χ1) is 10.2. The van der Waals surface area contributed by atoms with Crippen molar-refractivity contribution in [3.63, 3.8) is 0 Å². The molecule has 1 rings (SSSR count). The Labute approximate surface area is 132 Å². The summed E-state index contributed by atoms with van der Waals surface area (Å²) < 4.78 is 0. The van der Waals surface area contributed by atoms with Crippen molar-refractivity contribution < 1.29 is 0 Å². The van der Waals surface area contributed by atoms with Gasteiger partial charge in [0, 0.05) is 18.6 Å². The predicted molar refractivity (Wildman–Crippen MR) is 94.0 cm³/mol. The van der Waals surface area contributed by atoms with Gasteiger partial charge in [0.1, 0.15) is 0 Å². The van der Waals surface area contributed by atoms with E-state index in [2.05, 4.69) is 36.4 Å². The van der Waals surface area contributed by atoms with Crippen molar-refractivity contribution in [2.45, 2.75) is 96.9 Å². The number of hydrogen-bond donors (Lipinski definition) is 2. The van der Waals surface area contributed by atoms with E-state index in [9.17, 15) is 0 Å². The van der Waals surface area contributed by atoms with Crippen LogP contribution in [-0.4, -0.2) is 24.6 Å². The zero-order valence-corrected chi connectivity index (χ0v) is 14.6. The van der Waals surface area contributed by atoms with Crippen LogP contribution in [-0.2, 0) is 0 Å². The van der Waals surface area contributed by atoms with Gasteiger partial charge in [-0.25, -0.2) is 0 Å². The third-order valence-corrected chi connectivity index (χ3v) is 4.48. The minimum Gasteiger partial charge on any atom is -0.356 e. The smallest absolute Gasteiger partial charge is 0.191 e. The van der Waals surface area contributed by atoms with E-state index in [0.717, 1.165) is 25.5 Å². The van der Waals surface area contributed by atoms with Crippen molar-refractivity contribution in [3.05, 3.63) is 0 Å². The average Bonchev–Trinajstić information content (AvgIpc) is 2.48. The number of nitrogens with zero attached hydrogens (tertiary/aromatic N) is 1. The molecule has 1 aliphatic heterocycles. The van der Waals surface area contributed by atoms with Crippen molar-refractivity contribution >= 4 is 5.96 Å². The molecule has 3 nitrogen and oxygen atoms in total. The summed E-state index contributed by atoms with van der Waals surface area (Å²) in [5.74, 6) is 1.04. The Balaban J connectivity index is 2.41. The van der Waals surface area contributed by atoms with Crippen molar-refractivity contribution in [3.8, 4) is 0 Å². The third kappa shape index (κ3) is 8.33. The molecule has 1 atom stereocenters. The number of rotatable bonds is 11. The monoisotopic (exact) mass is 295 g/mol. The van der Waals surface area contributed by atoms with Crippen LogP contribution >= 0.6 is 0 Å². The Morgan fingerprint density at radius 1 is 1.00 bits per heavy atom. The molecule has 1 aliphatic rings. The SMILES string of the molecule is CCCCCCCC(C)(CCCCC)NC1=NCCCN1. The first-order valence-electron chi connectivity index (χ1n) is 9.26. The molecule has 0 aliphatic carbocycles. The van der Waals surface area contributed by atoms with Crippen LogP contribution in [0.25, 0.3) is 0 Å². The molecule has 0 aromatic rings. The molecule has 21 heavy (non-hydrogen) atoms. The van der Waals surface area contributed by atoms with Crippen molar-refractivity contribution in [2.24, 2.45) is 4.99 Å². The quantitative estimate of drug-likeness (QED) is 0.545. The van der Waals surface area contributed by atoms with Gasteiger partial charge in [0.2, 0.25) is 0 Å². The molecule has 0 saturated carbocycles. The molecule has 0 aromatic heterocycles. The molecule has 0 aromatic carbocycles. The summed E-state index contributed by atoms with van der Waals surface area (Å²) in [5, 5.41) is 7.14. The Hall–Kier alpha value is -0.730. The molecule has 124 valence electrons. The van der Waals surface area contributed by atoms with Gasteiger partial charge in [0.05, 0.1) is 0 Å². The van der Waals surface area contributed by atoms with Crippen LogP contribution in [0.2, 0.25) is 0 Å². The van der Waals surface area contributed by atoms with Gasteiger partial charge in [-0.05, 0) is 26.2 Å². The summed E-state index contributed by atoms with van der Waals surface area (Å²) in [4.78, 5) is 4.59. The fraction of sp³-hybridized carbons (Fsp3) is 0.944. The molecule has 0 bridgehead atoms. The second kappa shape index (κ2) is 10.9. The number of nitrogens with one attached hydrogen (secondary N) is 2. The lowest BCUT2D eigenvalue weighted by Crippen LogP contribution is -2.52. The first kappa shape index (κ1) is 18.3. The van der Waals surface area contributed by atoms with E-state index < -0.39 is 0 Å². The Morgan fingerprint density at radius 2 is 1.62 bits per heavy atom. The highest BCUT2D eigenvalue weighted by molar-refractivity contribution is 5.81. The lowest BCUT2D eigenvalue weighted by atomic mass is 9.88. The Kier molecular flexibility index (Phi) is 9.53. The maximum atomic E-state index is 4.59. The van der Waals surface area contributed by atoms with Gasteiger partial charge < -0.3 is 10.6 Å². The van der Waals surface area contributed by atoms with E-state index in [1.807, 2.05) is 0 Å². The van der Waals surface area contributed by atoms with Crippen LogP contribution in [0.3, 0.4) is 0 Å². The number of hydrogen-bond acceptors (Lipinski definition) is 3. The number of unbranched alkanes of at least 4 members (excludes halogenated alkanes) is 6. The van der Waals surface area contributed by atoms with Crippen LogP contribution in [0.5, 0.6) is 0 Å². The number of guanidine groups is 1. The maximum absolute atomic E-state index is 4.59. The summed E-state index contributed by atoms with van der Waals surface area (Å²) in [7, 11) is 0. The van der Waals surface area contributed by atoms with Gasteiger partial charge >= 0.3 is 0 Å². The summed E-state index contributed by atoms with van der Waals surface area (Å²) >= 11 is 0. The van der Waals surface area contributed by atoms with Crippen LogP contribution < -0.4 is 10.6 Å². The van der Waals surface area contributed by atoms with Crippen LogP contribution in [0.4, 0.5) is 0 Å². The minimum absolute atomic E-state index is 0.213. The molecular formula is C18H37N3. The van der Waals surface area contributed by atoms with E-state index in [0.29, 0.717) is 0 Å². The largest absolute Gasteiger partial charge is 0.356 e. The molecular weight excluding hydrogens is 258 g/mol. The molecule has 0 amide bonds. The van der Waals surface area contributed by atoms with Crippen LogP contribution in [0.15, 0.2) is 4.99 Å². The topological polar surface area (TPSA) is 36.4 Å². The Morgan fingerprint density at radius 3 is 2.24 bits per heavy atom. The van der Waals surface area contributed by atoms with E-state index >= 15 is 0 Å². The van der Waals surface area contributed by atoms with Gasteiger partial charge in [-0.15, -0.1) is 0 Å². The van der Waals surface area contributed by atoms with Crippen LogP contribution in [0, 0.1) is 0 Å². The van der Waals surface area contributed by atoms with Gasteiger partial charge in [0.15, 0.2) is 5.96 Å². The third-order valence-electron chi connectivity index (χ3n) is 4.48. The molecule has 0 radical (unpaired) electrons. The van der Waals surface area contributed by atoms with Gasteiger partial charge in [-0.2, -0.15) is 0 Å². The normalized spacial score (nSPS) is 17.8. The highest BCUT2D eigenvalue weighted by Gasteiger charge is 2.24. The second-order valence-electron chi connectivity index (χ2n) is 6.82. The van der Waals surface area contributed by atoms with Gasteiger partial charge in [0.25, 0.3) is 0 Å². The predicted octanol–water partition coefficient (Wildman–Crippen LogP) is 4.62.